The smallest absolute Gasteiger partial charge is 0.174 e. The lowest BCUT2D eigenvalue weighted by Crippen LogP contribution is -2.00. The van der Waals surface area contributed by atoms with Gasteiger partial charge < -0.3 is 14.5 Å². The molecule has 0 fully saturated rings. The summed E-state index contributed by atoms with van der Waals surface area (Å²) in [4.78, 5) is 7.88. The first-order chi connectivity index (χ1) is 15.9. The summed E-state index contributed by atoms with van der Waals surface area (Å²) in [5.41, 5.74) is 6.22. The minimum Gasteiger partial charge on any atom is -0.493 e. The van der Waals surface area contributed by atoms with E-state index in [2.05, 4.69) is 45.6 Å². The number of imidazole rings is 1. The van der Waals surface area contributed by atoms with Crippen LogP contribution in [0.1, 0.15) is 28.1 Å². The minimum absolute atomic E-state index is 0.322. The van der Waals surface area contributed by atoms with Crippen molar-refractivity contribution in [2.24, 2.45) is 0 Å². The van der Waals surface area contributed by atoms with Crippen molar-refractivity contribution in [3.05, 3.63) is 85.2 Å². The predicted molar refractivity (Wildman–Crippen MR) is 141 cm³/mol. The number of ether oxygens (including phenoxy) is 2. The van der Waals surface area contributed by atoms with E-state index in [1.807, 2.05) is 55.5 Å². The predicted octanol–water partition coefficient (Wildman–Crippen LogP) is 7.09. The molecule has 4 rings (SSSR count). The molecule has 1 heterocycles. The number of aromatic nitrogens is 2. The molecule has 1 N–H and O–H groups in total. The van der Waals surface area contributed by atoms with Crippen LogP contribution in [0.15, 0.2) is 48.5 Å². The summed E-state index contributed by atoms with van der Waals surface area (Å²) >= 11 is 8.45. The molecule has 0 spiro atoms. The van der Waals surface area contributed by atoms with Crippen LogP contribution in [0.3, 0.4) is 0 Å². The number of hydrogen-bond donors (Lipinski definition) is 1. The molecule has 0 aliphatic carbocycles. The molecule has 5 nitrogen and oxygen atoms in total. The van der Waals surface area contributed by atoms with Gasteiger partial charge in [-0.3, -0.25) is 0 Å². The number of fused-ring (bicyclic) bond motifs is 1. The zero-order chi connectivity index (χ0) is 23.5. The minimum atomic E-state index is 0.322. The number of nitriles is 1. The molecular weight excluding hydrogens is 549 g/mol. The number of aromatic amines is 1. The zero-order valence-electron chi connectivity index (χ0n) is 18.4. The van der Waals surface area contributed by atoms with Gasteiger partial charge in [0.1, 0.15) is 18.5 Å². The summed E-state index contributed by atoms with van der Waals surface area (Å²) in [5.74, 6) is 1.74. The third-order valence-electron chi connectivity index (χ3n) is 5.37. The second-order valence-electron chi connectivity index (χ2n) is 7.62. The summed E-state index contributed by atoms with van der Waals surface area (Å²) in [5, 5.41) is 10.5. The van der Waals surface area contributed by atoms with Crippen LogP contribution in [0.5, 0.6) is 11.5 Å². The number of allylic oxidation sites excluding steroid dienone is 1. The maximum absolute atomic E-state index is 9.81. The van der Waals surface area contributed by atoms with Gasteiger partial charge in [-0.25, -0.2) is 4.98 Å². The van der Waals surface area contributed by atoms with Crippen LogP contribution in [0.2, 0.25) is 5.02 Å². The van der Waals surface area contributed by atoms with Crippen molar-refractivity contribution in [1.82, 2.24) is 9.97 Å². The molecule has 3 aromatic carbocycles. The van der Waals surface area contributed by atoms with Crippen molar-refractivity contribution in [2.45, 2.75) is 20.5 Å². The van der Waals surface area contributed by atoms with E-state index < -0.39 is 0 Å². The molecule has 0 aliphatic rings. The van der Waals surface area contributed by atoms with E-state index in [4.69, 9.17) is 21.1 Å². The van der Waals surface area contributed by atoms with Crippen LogP contribution >= 0.6 is 34.2 Å². The van der Waals surface area contributed by atoms with E-state index in [9.17, 15) is 5.26 Å². The van der Waals surface area contributed by atoms with E-state index in [0.717, 1.165) is 31.3 Å². The van der Waals surface area contributed by atoms with Gasteiger partial charge in [0.05, 0.1) is 27.3 Å². The summed E-state index contributed by atoms with van der Waals surface area (Å²) < 4.78 is 12.5. The first-order valence-corrected chi connectivity index (χ1v) is 11.7. The fourth-order valence-corrected chi connectivity index (χ4v) is 4.42. The highest BCUT2D eigenvalue weighted by molar-refractivity contribution is 14.1. The lowest BCUT2D eigenvalue weighted by Gasteiger charge is -2.14. The topological polar surface area (TPSA) is 70.9 Å². The van der Waals surface area contributed by atoms with Gasteiger partial charge in [0.25, 0.3) is 0 Å². The van der Waals surface area contributed by atoms with E-state index in [1.165, 1.54) is 5.56 Å². The Balaban J connectivity index is 1.66. The quantitative estimate of drug-likeness (QED) is 0.199. The highest BCUT2D eigenvalue weighted by atomic mass is 127. The fraction of sp³-hybridized carbons (Fsp3) is 0.154. The first-order valence-electron chi connectivity index (χ1n) is 10.2. The van der Waals surface area contributed by atoms with Crippen LogP contribution in [-0.4, -0.2) is 17.1 Å². The zero-order valence-corrected chi connectivity index (χ0v) is 21.3. The fourth-order valence-electron chi connectivity index (χ4n) is 3.45. The number of benzene rings is 3. The molecule has 166 valence electrons. The molecular formula is C26H21ClIN3O2. The molecule has 0 atom stereocenters. The molecule has 7 heteroatoms. The lowest BCUT2D eigenvalue weighted by atomic mass is 10.1. The molecule has 1 aromatic heterocycles. The molecule has 0 saturated heterocycles. The first kappa shape index (κ1) is 23.1. The Kier molecular flexibility index (Phi) is 6.91. The van der Waals surface area contributed by atoms with Crippen LogP contribution in [0.4, 0.5) is 0 Å². The number of hydrogen-bond acceptors (Lipinski definition) is 4. The van der Waals surface area contributed by atoms with E-state index in [-0.39, 0.29) is 0 Å². The van der Waals surface area contributed by atoms with Crippen molar-refractivity contribution in [2.75, 3.05) is 7.11 Å². The van der Waals surface area contributed by atoms with Crippen LogP contribution in [-0.2, 0) is 6.61 Å². The van der Waals surface area contributed by atoms with Crippen LogP contribution in [0, 0.1) is 28.7 Å². The SMILES string of the molecule is COc1cc(/C=C(\C#N)c2nc3cc(C)c(C)cc3[nH]2)cc(I)c1OCc1ccccc1Cl. The van der Waals surface area contributed by atoms with Gasteiger partial charge in [-0.2, -0.15) is 5.26 Å². The molecule has 0 aliphatic heterocycles. The summed E-state index contributed by atoms with van der Waals surface area (Å²) in [6.45, 7) is 4.43. The summed E-state index contributed by atoms with van der Waals surface area (Å²) in [6.07, 6.45) is 1.79. The third-order valence-corrected chi connectivity index (χ3v) is 6.54. The average molecular weight is 570 g/mol. The Hall–Kier alpha value is -3.02. The molecule has 4 aromatic rings. The third kappa shape index (κ3) is 5.00. The second kappa shape index (κ2) is 9.86. The highest BCUT2D eigenvalue weighted by Crippen LogP contribution is 2.36. The summed E-state index contributed by atoms with van der Waals surface area (Å²) in [7, 11) is 1.59. The average Bonchev–Trinajstić information content (AvgIpc) is 3.20. The normalized spacial score (nSPS) is 11.5. The van der Waals surface area contributed by atoms with Gasteiger partial charge in [0.15, 0.2) is 11.5 Å². The Morgan fingerprint density at radius 3 is 2.67 bits per heavy atom. The Bertz CT molecular complexity index is 1380. The van der Waals surface area contributed by atoms with Crippen molar-refractivity contribution in [3.8, 4) is 17.6 Å². The van der Waals surface area contributed by atoms with Crippen LogP contribution < -0.4 is 9.47 Å². The largest absolute Gasteiger partial charge is 0.493 e. The number of aryl methyl sites for hydroxylation is 2. The Morgan fingerprint density at radius 1 is 1.18 bits per heavy atom. The van der Waals surface area contributed by atoms with Crippen molar-refractivity contribution in [1.29, 1.82) is 5.26 Å². The molecule has 0 amide bonds. The van der Waals surface area contributed by atoms with Gasteiger partial charge in [0, 0.05) is 10.6 Å². The maximum Gasteiger partial charge on any atom is 0.174 e. The number of halogens is 2. The monoisotopic (exact) mass is 569 g/mol. The van der Waals surface area contributed by atoms with Gasteiger partial charge >= 0.3 is 0 Å². The molecule has 0 saturated carbocycles. The van der Waals surface area contributed by atoms with Gasteiger partial charge in [-0.1, -0.05) is 29.8 Å². The molecule has 0 radical (unpaired) electrons. The van der Waals surface area contributed by atoms with E-state index in [1.54, 1.807) is 13.2 Å². The summed E-state index contributed by atoms with van der Waals surface area (Å²) in [6, 6.07) is 17.7. The number of methoxy groups -OCH3 is 1. The highest BCUT2D eigenvalue weighted by Gasteiger charge is 2.14. The Labute approximate surface area is 211 Å². The number of nitrogens with zero attached hydrogens (tertiary/aromatic N) is 2. The molecule has 33 heavy (non-hydrogen) atoms. The maximum atomic E-state index is 9.81. The number of rotatable bonds is 6. The van der Waals surface area contributed by atoms with Crippen molar-refractivity contribution in [3.63, 3.8) is 0 Å². The standard InChI is InChI=1S/C26H21ClIN3O2/c1-15-8-22-23(9-16(15)2)31-26(30-22)19(13-29)10-17-11-21(28)25(24(12-17)32-3)33-14-18-6-4-5-7-20(18)27/h4-12H,14H2,1-3H3,(H,30,31)/b19-10+. The van der Waals surface area contributed by atoms with Gasteiger partial charge in [-0.05, 0) is 89.5 Å². The second-order valence-corrected chi connectivity index (χ2v) is 9.19. The number of nitrogens with one attached hydrogen (secondary N) is 1. The molecule has 0 bridgehead atoms. The van der Waals surface area contributed by atoms with Crippen LogP contribution in [0.25, 0.3) is 22.7 Å². The van der Waals surface area contributed by atoms with Crippen molar-refractivity contribution >= 4 is 56.9 Å². The van der Waals surface area contributed by atoms with E-state index >= 15 is 0 Å². The van der Waals surface area contributed by atoms with E-state index in [0.29, 0.717) is 34.5 Å². The number of H-pyrrole nitrogens is 1. The van der Waals surface area contributed by atoms with Gasteiger partial charge in [-0.15, -0.1) is 0 Å². The van der Waals surface area contributed by atoms with Gasteiger partial charge in [0.2, 0.25) is 0 Å². The Morgan fingerprint density at radius 2 is 1.94 bits per heavy atom. The van der Waals surface area contributed by atoms with Crippen molar-refractivity contribution < 1.29 is 9.47 Å². The molecule has 0 unspecified atom stereocenters. The lowest BCUT2D eigenvalue weighted by molar-refractivity contribution is 0.282.